The molecule has 1 fully saturated rings. The van der Waals surface area contributed by atoms with Crippen molar-refractivity contribution in [1.29, 1.82) is 0 Å². The highest BCUT2D eigenvalue weighted by Crippen LogP contribution is 2.21. The molecule has 0 spiro atoms. The van der Waals surface area contributed by atoms with Crippen LogP contribution in [0.5, 0.6) is 0 Å². The van der Waals surface area contributed by atoms with Gasteiger partial charge >= 0.3 is 5.69 Å². The van der Waals surface area contributed by atoms with Gasteiger partial charge in [-0.25, -0.2) is 9.78 Å². The number of likely N-dealkylation sites (tertiary alicyclic amines) is 1. The van der Waals surface area contributed by atoms with E-state index in [-0.39, 0.29) is 17.9 Å². The Bertz CT molecular complexity index is 1050. The summed E-state index contributed by atoms with van der Waals surface area (Å²) in [6.07, 6.45) is 4.06. The van der Waals surface area contributed by atoms with Gasteiger partial charge in [0.1, 0.15) is 5.82 Å². The normalized spacial score (nSPS) is 17.3. The van der Waals surface area contributed by atoms with Crippen LogP contribution in [0.25, 0.3) is 11.0 Å². The van der Waals surface area contributed by atoms with Gasteiger partial charge in [-0.2, -0.15) is 0 Å². The summed E-state index contributed by atoms with van der Waals surface area (Å²) >= 11 is 0. The van der Waals surface area contributed by atoms with E-state index in [1.54, 1.807) is 4.90 Å². The first-order valence-electron chi connectivity index (χ1n) is 9.11. The second kappa shape index (κ2) is 7.22. The van der Waals surface area contributed by atoms with Crippen LogP contribution in [0.15, 0.2) is 40.1 Å². The second-order valence-electron chi connectivity index (χ2n) is 7.03. The number of nitrogens with one attached hydrogen (secondary N) is 3. The number of piperidine rings is 1. The number of rotatable bonds is 4. The van der Waals surface area contributed by atoms with Crippen LogP contribution >= 0.6 is 0 Å². The van der Waals surface area contributed by atoms with E-state index in [9.17, 15) is 14.4 Å². The number of hydrogen-bond acceptors (Lipinski definition) is 4. The molecule has 3 N–H and O–H groups in total. The predicted octanol–water partition coefficient (Wildman–Crippen LogP) is 0.963. The molecule has 0 unspecified atom stereocenters. The van der Waals surface area contributed by atoms with Crippen LogP contribution in [0.4, 0.5) is 0 Å². The van der Waals surface area contributed by atoms with Crippen molar-refractivity contribution >= 4 is 16.9 Å². The lowest BCUT2D eigenvalue weighted by Gasteiger charge is -2.32. The smallest absolute Gasteiger partial charge is 0.325 e. The summed E-state index contributed by atoms with van der Waals surface area (Å²) in [5.41, 5.74) is 1.17. The van der Waals surface area contributed by atoms with Crippen LogP contribution in [-0.4, -0.2) is 43.8 Å². The molecule has 1 amide bonds. The molecule has 1 saturated heterocycles. The van der Waals surface area contributed by atoms with E-state index in [0.717, 1.165) is 36.1 Å². The number of nitrogens with zero attached hydrogens (tertiary/aromatic N) is 2. The monoisotopic (exact) mass is 367 g/mol. The molecule has 0 radical (unpaired) electrons. The van der Waals surface area contributed by atoms with E-state index in [0.29, 0.717) is 19.0 Å². The summed E-state index contributed by atoms with van der Waals surface area (Å²) in [6.45, 7) is 1.34. The molecule has 0 aliphatic carbocycles. The van der Waals surface area contributed by atoms with Crippen molar-refractivity contribution in [3.05, 3.63) is 62.7 Å². The average molecular weight is 367 g/mol. The standard InChI is InChI=1S/C19H21N5O3/c25-17(9-13-10-20-19(27)23-18(13)26)24-7-3-4-12(11-24)8-16-21-14-5-1-2-6-15(14)22-16/h1-2,5-6,10,12H,3-4,7-9,11H2,(H,21,22)(H2,20,23,26,27)/t12-/m0/s1. The minimum Gasteiger partial charge on any atom is -0.342 e. The third kappa shape index (κ3) is 3.84. The molecule has 4 rings (SSSR count). The zero-order valence-electron chi connectivity index (χ0n) is 14.8. The first kappa shape index (κ1) is 17.3. The first-order chi connectivity index (χ1) is 13.1. The van der Waals surface area contributed by atoms with Gasteiger partial charge in [0.05, 0.1) is 17.5 Å². The third-order valence-electron chi connectivity index (χ3n) is 5.03. The van der Waals surface area contributed by atoms with E-state index in [1.807, 2.05) is 24.3 Å². The quantitative estimate of drug-likeness (QED) is 0.637. The van der Waals surface area contributed by atoms with Gasteiger partial charge in [-0.1, -0.05) is 12.1 Å². The van der Waals surface area contributed by atoms with E-state index >= 15 is 0 Å². The van der Waals surface area contributed by atoms with Gasteiger partial charge in [0, 0.05) is 31.3 Å². The molecule has 3 aromatic rings. The molecule has 3 heterocycles. The lowest BCUT2D eigenvalue weighted by molar-refractivity contribution is -0.132. The molecule has 8 heteroatoms. The van der Waals surface area contributed by atoms with Crippen molar-refractivity contribution in [2.75, 3.05) is 13.1 Å². The molecule has 0 saturated carbocycles. The third-order valence-corrected chi connectivity index (χ3v) is 5.03. The maximum absolute atomic E-state index is 12.6. The Kier molecular flexibility index (Phi) is 4.62. The first-order valence-corrected chi connectivity index (χ1v) is 9.11. The van der Waals surface area contributed by atoms with Crippen LogP contribution in [0.2, 0.25) is 0 Å². The largest absolute Gasteiger partial charge is 0.342 e. The fraction of sp³-hybridized carbons (Fsp3) is 0.368. The number of benzene rings is 1. The Morgan fingerprint density at radius 1 is 1.22 bits per heavy atom. The highest BCUT2D eigenvalue weighted by molar-refractivity contribution is 5.78. The highest BCUT2D eigenvalue weighted by Gasteiger charge is 2.25. The minimum atomic E-state index is -0.569. The number of carbonyl (C=O) groups excluding carboxylic acids is 1. The Hall–Kier alpha value is -3.16. The van der Waals surface area contributed by atoms with Crippen LogP contribution in [-0.2, 0) is 17.6 Å². The van der Waals surface area contributed by atoms with Gasteiger partial charge in [-0.15, -0.1) is 0 Å². The zero-order chi connectivity index (χ0) is 18.8. The number of amides is 1. The molecule has 27 heavy (non-hydrogen) atoms. The van der Waals surface area contributed by atoms with Crippen molar-refractivity contribution in [1.82, 2.24) is 24.8 Å². The molecule has 8 nitrogen and oxygen atoms in total. The maximum atomic E-state index is 12.6. The van der Waals surface area contributed by atoms with Crippen molar-refractivity contribution < 1.29 is 4.79 Å². The maximum Gasteiger partial charge on any atom is 0.325 e. The molecule has 1 aromatic carbocycles. The second-order valence-corrected chi connectivity index (χ2v) is 7.03. The lowest BCUT2D eigenvalue weighted by atomic mass is 9.94. The molecule has 1 aliphatic rings. The predicted molar refractivity (Wildman–Crippen MR) is 100 cm³/mol. The molecule has 1 aliphatic heterocycles. The molecule has 0 bridgehead atoms. The lowest BCUT2D eigenvalue weighted by Crippen LogP contribution is -2.42. The van der Waals surface area contributed by atoms with E-state index < -0.39 is 11.2 Å². The Labute approximate surface area is 154 Å². The van der Waals surface area contributed by atoms with Crippen molar-refractivity contribution in [3.63, 3.8) is 0 Å². The molecule has 140 valence electrons. The summed E-state index contributed by atoms with van der Waals surface area (Å²) in [4.78, 5) is 49.8. The zero-order valence-corrected chi connectivity index (χ0v) is 14.8. The van der Waals surface area contributed by atoms with Crippen LogP contribution < -0.4 is 11.2 Å². The van der Waals surface area contributed by atoms with Crippen LogP contribution in [0, 0.1) is 5.92 Å². The molecular formula is C19H21N5O3. The topological polar surface area (TPSA) is 115 Å². The molecule has 1 atom stereocenters. The summed E-state index contributed by atoms with van der Waals surface area (Å²) < 4.78 is 0. The summed E-state index contributed by atoms with van der Waals surface area (Å²) in [7, 11) is 0. The summed E-state index contributed by atoms with van der Waals surface area (Å²) in [5.74, 6) is 1.17. The number of carbonyl (C=O) groups is 1. The minimum absolute atomic E-state index is 0.0104. The SMILES string of the molecule is O=C(Cc1c[nH]c(=O)[nH]c1=O)N1CCC[C@@H](Cc2nc3ccccc3[nH]2)C1. The Morgan fingerprint density at radius 2 is 2.07 bits per heavy atom. The van der Waals surface area contributed by atoms with Gasteiger partial charge < -0.3 is 14.9 Å². The average Bonchev–Trinajstić information content (AvgIpc) is 3.06. The fourth-order valence-electron chi connectivity index (χ4n) is 3.68. The molecule has 2 aromatic heterocycles. The number of hydrogen-bond donors (Lipinski definition) is 3. The molecular weight excluding hydrogens is 346 g/mol. The summed E-state index contributed by atoms with van der Waals surface area (Å²) in [6, 6.07) is 7.92. The number of para-hydroxylation sites is 2. The van der Waals surface area contributed by atoms with Crippen molar-refractivity contribution in [3.8, 4) is 0 Å². The van der Waals surface area contributed by atoms with Gasteiger partial charge in [0.15, 0.2) is 0 Å². The van der Waals surface area contributed by atoms with E-state index in [1.165, 1.54) is 6.20 Å². The van der Waals surface area contributed by atoms with Gasteiger partial charge in [0.25, 0.3) is 5.56 Å². The summed E-state index contributed by atoms with van der Waals surface area (Å²) in [5, 5.41) is 0. The van der Waals surface area contributed by atoms with E-state index in [4.69, 9.17) is 0 Å². The number of aromatic nitrogens is 4. The van der Waals surface area contributed by atoms with E-state index in [2.05, 4.69) is 19.9 Å². The van der Waals surface area contributed by atoms with Crippen LogP contribution in [0.1, 0.15) is 24.2 Å². The Morgan fingerprint density at radius 3 is 2.89 bits per heavy atom. The highest BCUT2D eigenvalue weighted by atomic mass is 16.2. The van der Waals surface area contributed by atoms with Crippen molar-refractivity contribution in [2.24, 2.45) is 5.92 Å². The number of aromatic amines is 3. The van der Waals surface area contributed by atoms with Gasteiger partial charge in [-0.3, -0.25) is 14.6 Å². The number of fused-ring (bicyclic) bond motifs is 1. The Balaban J connectivity index is 1.41. The number of imidazole rings is 1. The van der Waals surface area contributed by atoms with Crippen molar-refractivity contribution in [2.45, 2.75) is 25.7 Å². The van der Waals surface area contributed by atoms with Gasteiger partial charge in [-0.05, 0) is 30.9 Å². The van der Waals surface area contributed by atoms with Gasteiger partial charge in [0.2, 0.25) is 5.91 Å². The number of H-pyrrole nitrogens is 3. The van der Waals surface area contributed by atoms with Crippen LogP contribution in [0.3, 0.4) is 0 Å². The fourth-order valence-corrected chi connectivity index (χ4v) is 3.68.